The summed E-state index contributed by atoms with van der Waals surface area (Å²) in [5.41, 5.74) is 8.45. The van der Waals surface area contributed by atoms with E-state index in [0.717, 1.165) is 44.3 Å². The maximum Gasteiger partial charge on any atom is 0.235 e. The summed E-state index contributed by atoms with van der Waals surface area (Å²) >= 11 is 0. The molecular weight excluding hydrogens is 753 g/mol. The van der Waals surface area contributed by atoms with Gasteiger partial charge in [-0.15, -0.1) is 0 Å². The van der Waals surface area contributed by atoms with E-state index in [0.29, 0.717) is 5.95 Å². The van der Waals surface area contributed by atoms with E-state index in [9.17, 15) is 0 Å². The van der Waals surface area contributed by atoms with Crippen LogP contribution in [0.1, 0.15) is 0 Å². The van der Waals surface area contributed by atoms with Crippen molar-refractivity contribution in [1.29, 1.82) is 0 Å². The predicted molar refractivity (Wildman–Crippen MR) is 261 cm³/mol. The van der Waals surface area contributed by atoms with Gasteiger partial charge < -0.3 is 4.57 Å². The summed E-state index contributed by atoms with van der Waals surface area (Å²) in [6.45, 7) is 0. The van der Waals surface area contributed by atoms with E-state index in [2.05, 4.69) is 215 Å². The molecule has 0 saturated carbocycles. The van der Waals surface area contributed by atoms with Crippen LogP contribution >= 0.6 is 0 Å². The molecule has 3 aromatic heterocycles. The Morgan fingerprint density at radius 2 is 0.839 bits per heavy atom. The first kappa shape index (κ1) is 33.5. The van der Waals surface area contributed by atoms with E-state index in [1.165, 1.54) is 81.1 Å². The number of fused-ring (bicyclic) bond motifs is 16. The van der Waals surface area contributed by atoms with Crippen molar-refractivity contribution in [3.8, 4) is 22.9 Å². The number of hydrogen-bond acceptors (Lipinski definition) is 2. The Morgan fingerprint density at radius 1 is 0.290 bits per heavy atom. The lowest BCUT2D eigenvalue weighted by molar-refractivity contribution is 1.01. The summed E-state index contributed by atoms with van der Waals surface area (Å²) in [7, 11) is 0. The summed E-state index contributed by atoms with van der Waals surface area (Å²) in [5.74, 6) is 0.641. The van der Waals surface area contributed by atoms with Crippen molar-refractivity contribution >= 4 is 108 Å². The second-order valence-corrected chi connectivity index (χ2v) is 16.5. The van der Waals surface area contributed by atoms with E-state index in [1.807, 2.05) is 0 Å². The van der Waals surface area contributed by atoms with Crippen molar-refractivity contribution in [3.63, 3.8) is 0 Å². The van der Waals surface area contributed by atoms with E-state index in [1.54, 1.807) is 0 Å². The van der Waals surface area contributed by atoms with Crippen LogP contribution in [-0.2, 0) is 0 Å². The normalized spacial score (nSPS) is 12.2. The number of hydrogen-bond donors (Lipinski definition) is 0. The molecule has 0 aliphatic rings. The molecule has 0 spiro atoms. The topological polar surface area (TPSA) is 35.6 Å². The Morgan fingerprint density at radius 3 is 1.61 bits per heavy atom. The third kappa shape index (κ3) is 4.66. The van der Waals surface area contributed by atoms with Gasteiger partial charge in [-0.3, -0.25) is 4.57 Å². The molecule has 4 heteroatoms. The lowest BCUT2D eigenvalue weighted by Crippen LogP contribution is -2.04. The summed E-state index contributed by atoms with van der Waals surface area (Å²) in [6.07, 6.45) is 0. The Kier molecular flexibility index (Phi) is 6.80. The fraction of sp³-hybridized carbons (Fsp3) is 0. The number of aromatic nitrogens is 4. The minimum Gasteiger partial charge on any atom is -0.309 e. The fourth-order valence-electron chi connectivity index (χ4n) is 10.5. The van der Waals surface area contributed by atoms with Gasteiger partial charge >= 0.3 is 0 Å². The Labute approximate surface area is 355 Å². The SMILES string of the molecule is c1ccc2cc3c(cc2c1)c1ccc(-n2c4ccccc4c4ccc5ccccc5c42)cc1n3-c1nc(-c2ccc3c4ccccc4c4ccccc4c3c2)c2ccccc2n1. The zero-order valence-electron chi connectivity index (χ0n) is 33.4. The second-order valence-electron chi connectivity index (χ2n) is 16.5. The molecule has 0 N–H and O–H groups in total. The van der Waals surface area contributed by atoms with Gasteiger partial charge in [-0.25, -0.2) is 9.97 Å². The van der Waals surface area contributed by atoms with Crippen LogP contribution in [0, 0.1) is 0 Å². The quantitative estimate of drug-likeness (QED) is 0.167. The van der Waals surface area contributed by atoms with Crippen LogP contribution in [0.5, 0.6) is 0 Å². The van der Waals surface area contributed by atoms with Crippen molar-refractivity contribution in [2.45, 2.75) is 0 Å². The van der Waals surface area contributed by atoms with Crippen LogP contribution in [0.2, 0.25) is 0 Å². The van der Waals surface area contributed by atoms with Crippen molar-refractivity contribution in [2.75, 3.05) is 0 Å². The van der Waals surface area contributed by atoms with E-state index >= 15 is 0 Å². The largest absolute Gasteiger partial charge is 0.309 e. The lowest BCUT2D eigenvalue weighted by atomic mass is 9.92. The highest BCUT2D eigenvalue weighted by atomic mass is 15.2. The van der Waals surface area contributed by atoms with Crippen LogP contribution in [0.15, 0.2) is 206 Å². The molecule has 0 bridgehead atoms. The highest BCUT2D eigenvalue weighted by Crippen LogP contribution is 2.42. The maximum absolute atomic E-state index is 5.62. The molecule has 4 nitrogen and oxygen atoms in total. The molecule has 0 unspecified atom stereocenters. The average molecular weight is 787 g/mol. The van der Waals surface area contributed by atoms with Crippen molar-refractivity contribution < 1.29 is 0 Å². The number of para-hydroxylation sites is 2. The molecule has 0 radical (unpaired) electrons. The molecule has 0 saturated heterocycles. The van der Waals surface area contributed by atoms with Crippen LogP contribution in [0.3, 0.4) is 0 Å². The summed E-state index contributed by atoms with van der Waals surface area (Å²) in [4.78, 5) is 11.0. The average Bonchev–Trinajstić information content (AvgIpc) is 3.85. The molecule has 0 amide bonds. The summed E-state index contributed by atoms with van der Waals surface area (Å²) < 4.78 is 4.74. The van der Waals surface area contributed by atoms with Gasteiger partial charge in [-0.05, 0) is 90.9 Å². The van der Waals surface area contributed by atoms with E-state index < -0.39 is 0 Å². The highest BCUT2D eigenvalue weighted by molar-refractivity contribution is 6.26. The molecule has 286 valence electrons. The first-order chi connectivity index (χ1) is 30.7. The Hall–Kier alpha value is -8.34. The summed E-state index contributed by atoms with van der Waals surface area (Å²) in [6, 6.07) is 75.0. The number of benzene rings is 11. The molecule has 11 aromatic carbocycles. The molecule has 0 fully saturated rings. The Balaban J connectivity index is 1.08. The molecular formula is C58H34N4. The zero-order valence-corrected chi connectivity index (χ0v) is 33.4. The smallest absolute Gasteiger partial charge is 0.235 e. The van der Waals surface area contributed by atoms with Gasteiger partial charge in [0.05, 0.1) is 33.3 Å². The molecule has 14 rings (SSSR count). The number of rotatable bonds is 3. The molecule has 3 heterocycles. The van der Waals surface area contributed by atoms with Crippen molar-refractivity contribution in [1.82, 2.24) is 19.1 Å². The minimum absolute atomic E-state index is 0.641. The molecule has 0 aliphatic carbocycles. The number of nitrogens with zero attached hydrogens (tertiary/aromatic N) is 4. The second kappa shape index (κ2) is 12.6. The van der Waals surface area contributed by atoms with E-state index in [4.69, 9.17) is 9.97 Å². The monoisotopic (exact) mass is 786 g/mol. The van der Waals surface area contributed by atoms with Crippen LogP contribution < -0.4 is 0 Å². The zero-order chi connectivity index (χ0) is 40.5. The third-order valence-electron chi connectivity index (χ3n) is 13.2. The van der Waals surface area contributed by atoms with Crippen molar-refractivity contribution in [2.24, 2.45) is 0 Å². The fourth-order valence-corrected chi connectivity index (χ4v) is 10.5. The van der Waals surface area contributed by atoms with Gasteiger partial charge in [0.1, 0.15) is 0 Å². The molecule has 14 aromatic rings. The highest BCUT2D eigenvalue weighted by Gasteiger charge is 2.21. The third-order valence-corrected chi connectivity index (χ3v) is 13.2. The lowest BCUT2D eigenvalue weighted by Gasteiger charge is -2.15. The van der Waals surface area contributed by atoms with Gasteiger partial charge in [0.15, 0.2) is 0 Å². The minimum atomic E-state index is 0.641. The standard InChI is InChI=1S/C58H34N4/c1-2-15-37-33-54-51(31-36(37)14-1)47-30-27-39(61-53-24-12-10-21-46(53)48-29-25-35-13-3-4-16-40(35)57(48)61)34-55(47)62(54)58-59-52-23-11-9-22-49(52)56(60-58)38-26-28-45-43-19-6-5-17-41(43)42-18-7-8-20-44(42)50(45)32-38/h1-34H. The maximum atomic E-state index is 5.62. The molecule has 62 heavy (non-hydrogen) atoms. The van der Waals surface area contributed by atoms with Gasteiger partial charge in [0.25, 0.3) is 0 Å². The van der Waals surface area contributed by atoms with Gasteiger partial charge in [-0.1, -0.05) is 164 Å². The van der Waals surface area contributed by atoms with Crippen LogP contribution in [0.25, 0.3) is 131 Å². The van der Waals surface area contributed by atoms with Gasteiger partial charge in [0, 0.05) is 43.6 Å². The molecule has 0 atom stereocenters. The van der Waals surface area contributed by atoms with Crippen LogP contribution in [0.4, 0.5) is 0 Å². The summed E-state index contributed by atoms with van der Waals surface area (Å²) in [5, 5.41) is 18.1. The first-order valence-electron chi connectivity index (χ1n) is 21.2. The van der Waals surface area contributed by atoms with E-state index in [-0.39, 0.29) is 0 Å². The van der Waals surface area contributed by atoms with Crippen molar-refractivity contribution in [3.05, 3.63) is 206 Å². The Bertz CT molecular complexity index is 4190. The van der Waals surface area contributed by atoms with Crippen LogP contribution in [-0.4, -0.2) is 19.1 Å². The van der Waals surface area contributed by atoms with Gasteiger partial charge in [0.2, 0.25) is 5.95 Å². The van der Waals surface area contributed by atoms with Gasteiger partial charge in [-0.2, -0.15) is 0 Å². The molecule has 0 aliphatic heterocycles. The first-order valence-corrected chi connectivity index (χ1v) is 21.2. The predicted octanol–water partition coefficient (Wildman–Crippen LogP) is 15.3.